The maximum absolute atomic E-state index is 14.6. The zero-order valence-electron chi connectivity index (χ0n) is 25.8. The SMILES string of the molecule is COc1ccccc1N(CC(=O)N(Cc1cccc(Br)c1)[C@H](Cc1ccccc1)C(=O)NC(C)C)S(=O)(=O)c1ccc(C)cc1. The van der Waals surface area contributed by atoms with Crippen LogP contribution >= 0.6 is 15.9 Å². The molecule has 45 heavy (non-hydrogen) atoms. The summed E-state index contributed by atoms with van der Waals surface area (Å²) in [6.45, 7) is 5.09. The Bertz CT molecular complexity index is 1710. The highest BCUT2D eigenvalue weighted by Crippen LogP contribution is 2.33. The molecule has 8 nitrogen and oxygen atoms in total. The van der Waals surface area contributed by atoms with Crippen LogP contribution in [-0.4, -0.2) is 50.9 Å². The second-order valence-corrected chi connectivity index (χ2v) is 13.8. The molecule has 1 atom stereocenters. The summed E-state index contributed by atoms with van der Waals surface area (Å²) in [6, 6.07) is 28.9. The van der Waals surface area contributed by atoms with Crippen molar-refractivity contribution < 1.29 is 22.7 Å². The molecule has 236 valence electrons. The summed E-state index contributed by atoms with van der Waals surface area (Å²) in [7, 11) is -2.79. The van der Waals surface area contributed by atoms with Gasteiger partial charge in [-0.15, -0.1) is 0 Å². The van der Waals surface area contributed by atoms with Crippen molar-refractivity contribution >= 4 is 43.5 Å². The van der Waals surface area contributed by atoms with Gasteiger partial charge in [-0.3, -0.25) is 13.9 Å². The third kappa shape index (κ3) is 8.73. The molecule has 0 bridgehead atoms. The molecule has 10 heteroatoms. The third-order valence-electron chi connectivity index (χ3n) is 7.19. The van der Waals surface area contributed by atoms with Gasteiger partial charge in [0.25, 0.3) is 10.0 Å². The van der Waals surface area contributed by atoms with Crippen molar-refractivity contribution in [2.45, 2.75) is 50.7 Å². The molecule has 0 aliphatic heterocycles. The van der Waals surface area contributed by atoms with E-state index in [0.29, 0.717) is 0 Å². The summed E-state index contributed by atoms with van der Waals surface area (Å²) >= 11 is 3.50. The summed E-state index contributed by atoms with van der Waals surface area (Å²) in [5, 5.41) is 2.97. The standard InChI is InChI=1S/C35H38BrN3O5S/c1-25(2)37-35(41)32(22-27-11-6-5-7-12-27)38(23-28-13-10-14-29(36)21-28)34(40)24-39(31-15-8-9-16-33(31)44-4)45(42,43)30-19-17-26(3)18-20-30/h5-21,25,32H,22-24H2,1-4H3,(H,37,41)/t32-/m1/s1. The molecule has 4 rings (SSSR count). The molecule has 0 heterocycles. The van der Waals surface area contributed by atoms with Crippen molar-refractivity contribution in [3.05, 3.63) is 124 Å². The first-order valence-electron chi connectivity index (χ1n) is 14.6. The molecule has 4 aromatic carbocycles. The van der Waals surface area contributed by atoms with E-state index in [1.807, 2.05) is 75.4 Å². The molecule has 0 aliphatic carbocycles. The molecule has 0 saturated heterocycles. The van der Waals surface area contributed by atoms with E-state index < -0.39 is 28.5 Å². The number of anilines is 1. The fourth-order valence-electron chi connectivity index (χ4n) is 4.95. The van der Waals surface area contributed by atoms with Gasteiger partial charge in [-0.05, 0) is 68.3 Å². The molecule has 1 N–H and O–H groups in total. The average molecular weight is 693 g/mol. The van der Waals surface area contributed by atoms with Crippen LogP contribution in [0.5, 0.6) is 5.75 Å². The van der Waals surface area contributed by atoms with Gasteiger partial charge in [0, 0.05) is 23.5 Å². The lowest BCUT2D eigenvalue weighted by Gasteiger charge is -2.34. The Morgan fingerprint density at radius 2 is 1.51 bits per heavy atom. The van der Waals surface area contributed by atoms with Gasteiger partial charge in [0.05, 0.1) is 17.7 Å². The minimum Gasteiger partial charge on any atom is -0.495 e. The number of amides is 2. The monoisotopic (exact) mass is 691 g/mol. The fourth-order valence-corrected chi connectivity index (χ4v) is 6.82. The van der Waals surface area contributed by atoms with Crippen LogP contribution < -0.4 is 14.4 Å². The summed E-state index contributed by atoms with van der Waals surface area (Å²) < 4.78 is 35.9. The van der Waals surface area contributed by atoms with Crippen LogP contribution in [0.25, 0.3) is 0 Å². The van der Waals surface area contributed by atoms with Crippen molar-refractivity contribution in [2.24, 2.45) is 0 Å². The number of aryl methyl sites for hydroxylation is 1. The molecule has 2 amide bonds. The molecule has 0 unspecified atom stereocenters. The lowest BCUT2D eigenvalue weighted by atomic mass is 10.0. The first-order chi connectivity index (χ1) is 21.5. The Hall–Kier alpha value is -4.15. The highest BCUT2D eigenvalue weighted by molar-refractivity contribution is 9.10. The number of carbonyl (C=O) groups excluding carboxylic acids is 2. The number of halogens is 1. The van der Waals surface area contributed by atoms with Crippen LogP contribution in [-0.2, 0) is 32.6 Å². The van der Waals surface area contributed by atoms with Gasteiger partial charge in [0.2, 0.25) is 11.8 Å². The Labute approximate surface area is 274 Å². The van der Waals surface area contributed by atoms with Gasteiger partial charge in [0.1, 0.15) is 18.3 Å². The van der Waals surface area contributed by atoms with Gasteiger partial charge >= 0.3 is 0 Å². The average Bonchev–Trinajstić information content (AvgIpc) is 3.01. The number of carbonyl (C=O) groups is 2. The van der Waals surface area contributed by atoms with Gasteiger partial charge in [0.15, 0.2) is 0 Å². The van der Waals surface area contributed by atoms with E-state index in [2.05, 4.69) is 21.2 Å². The van der Waals surface area contributed by atoms with E-state index in [1.54, 1.807) is 36.4 Å². The van der Waals surface area contributed by atoms with Crippen molar-refractivity contribution in [2.75, 3.05) is 18.0 Å². The van der Waals surface area contributed by atoms with E-state index >= 15 is 0 Å². The third-order valence-corrected chi connectivity index (χ3v) is 9.45. The molecule has 0 radical (unpaired) electrons. The maximum Gasteiger partial charge on any atom is 0.264 e. The predicted molar refractivity (Wildman–Crippen MR) is 181 cm³/mol. The van der Waals surface area contributed by atoms with Crippen LogP contribution in [0.15, 0.2) is 112 Å². The number of hydrogen-bond acceptors (Lipinski definition) is 5. The number of hydrogen-bond donors (Lipinski definition) is 1. The van der Waals surface area contributed by atoms with E-state index in [1.165, 1.54) is 24.1 Å². The van der Waals surface area contributed by atoms with Crippen molar-refractivity contribution in [3.63, 3.8) is 0 Å². The van der Waals surface area contributed by atoms with Crippen LogP contribution in [0.3, 0.4) is 0 Å². The number of ether oxygens (including phenoxy) is 1. The smallest absolute Gasteiger partial charge is 0.264 e. The number of rotatable bonds is 13. The van der Waals surface area contributed by atoms with Crippen molar-refractivity contribution in [1.29, 1.82) is 0 Å². The summed E-state index contributed by atoms with van der Waals surface area (Å²) in [4.78, 5) is 29.9. The number of para-hydroxylation sites is 2. The molecular weight excluding hydrogens is 654 g/mol. The molecule has 0 aliphatic rings. The fraction of sp³-hybridized carbons (Fsp3) is 0.257. The minimum absolute atomic E-state index is 0.0312. The van der Waals surface area contributed by atoms with Crippen LogP contribution in [0.1, 0.15) is 30.5 Å². The lowest BCUT2D eigenvalue weighted by Crippen LogP contribution is -2.54. The van der Waals surface area contributed by atoms with E-state index in [0.717, 1.165) is 25.5 Å². The normalized spacial score (nSPS) is 12.0. The second kappa shape index (κ2) is 15.2. The largest absolute Gasteiger partial charge is 0.495 e. The van der Waals surface area contributed by atoms with Gasteiger partial charge < -0.3 is 15.0 Å². The Morgan fingerprint density at radius 3 is 2.16 bits per heavy atom. The van der Waals surface area contributed by atoms with Gasteiger partial charge in [-0.25, -0.2) is 8.42 Å². The van der Waals surface area contributed by atoms with Gasteiger partial charge in [-0.1, -0.05) is 88.2 Å². The predicted octanol–water partition coefficient (Wildman–Crippen LogP) is 6.13. The molecule has 0 aromatic heterocycles. The van der Waals surface area contributed by atoms with E-state index in [4.69, 9.17) is 4.74 Å². The molecule has 0 fully saturated rings. The van der Waals surface area contributed by atoms with Crippen LogP contribution in [0, 0.1) is 6.92 Å². The lowest BCUT2D eigenvalue weighted by molar-refractivity contribution is -0.140. The van der Waals surface area contributed by atoms with E-state index in [-0.39, 0.29) is 41.2 Å². The Morgan fingerprint density at radius 1 is 0.867 bits per heavy atom. The summed E-state index contributed by atoms with van der Waals surface area (Å²) in [6.07, 6.45) is 0.235. The van der Waals surface area contributed by atoms with E-state index in [9.17, 15) is 18.0 Å². The molecule has 0 saturated carbocycles. The molecule has 0 spiro atoms. The van der Waals surface area contributed by atoms with Crippen molar-refractivity contribution in [1.82, 2.24) is 10.2 Å². The number of sulfonamides is 1. The zero-order valence-corrected chi connectivity index (χ0v) is 28.2. The van der Waals surface area contributed by atoms with Gasteiger partial charge in [-0.2, -0.15) is 0 Å². The van der Waals surface area contributed by atoms with Crippen LogP contribution in [0.4, 0.5) is 5.69 Å². The molecular formula is C35H38BrN3O5S. The number of nitrogens with zero attached hydrogens (tertiary/aromatic N) is 2. The quantitative estimate of drug-likeness (QED) is 0.182. The van der Waals surface area contributed by atoms with Crippen LogP contribution in [0.2, 0.25) is 0 Å². The molecule has 4 aromatic rings. The topological polar surface area (TPSA) is 96.0 Å². The first-order valence-corrected chi connectivity index (χ1v) is 16.8. The number of nitrogens with one attached hydrogen (secondary N) is 1. The minimum atomic E-state index is -4.24. The summed E-state index contributed by atoms with van der Waals surface area (Å²) in [5.41, 5.74) is 2.75. The highest BCUT2D eigenvalue weighted by atomic mass is 79.9. The first kappa shape index (κ1) is 33.7. The highest BCUT2D eigenvalue weighted by Gasteiger charge is 2.35. The Balaban J connectivity index is 1.83. The summed E-state index contributed by atoms with van der Waals surface area (Å²) in [5.74, 6) is -0.586. The number of methoxy groups -OCH3 is 1. The second-order valence-electron chi connectivity index (χ2n) is 11.0. The maximum atomic E-state index is 14.6. The zero-order chi connectivity index (χ0) is 32.6. The Kier molecular flexibility index (Phi) is 11.4. The number of benzene rings is 4. The van der Waals surface area contributed by atoms with Crippen molar-refractivity contribution in [3.8, 4) is 5.75 Å².